The van der Waals surface area contributed by atoms with E-state index in [4.69, 9.17) is 0 Å². The zero-order valence-electron chi connectivity index (χ0n) is 6.82. The molecule has 2 aliphatic rings. The van der Waals surface area contributed by atoms with Crippen molar-refractivity contribution in [2.75, 3.05) is 13.1 Å². The molecule has 0 radical (unpaired) electrons. The summed E-state index contributed by atoms with van der Waals surface area (Å²) in [6.07, 6.45) is 5.86. The van der Waals surface area contributed by atoms with Crippen LogP contribution in [0.15, 0.2) is 0 Å². The summed E-state index contributed by atoms with van der Waals surface area (Å²) >= 11 is 0. The van der Waals surface area contributed by atoms with Gasteiger partial charge in [0.15, 0.2) is 0 Å². The Morgan fingerprint density at radius 1 is 1.40 bits per heavy atom. The SMILES string of the molecule is CC1CCNCC12CCC2. The average Bonchev–Trinajstić information content (AvgIpc) is 1.85. The van der Waals surface area contributed by atoms with Gasteiger partial charge in [-0.25, -0.2) is 0 Å². The highest BCUT2D eigenvalue weighted by Crippen LogP contribution is 2.48. The second kappa shape index (κ2) is 2.23. The van der Waals surface area contributed by atoms with E-state index >= 15 is 0 Å². The molecule has 2 fully saturated rings. The molecule has 1 unspecified atom stereocenters. The van der Waals surface area contributed by atoms with Crippen molar-refractivity contribution in [3.05, 3.63) is 0 Å². The van der Waals surface area contributed by atoms with Crippen molar-refractivity contribution in [2.45, 2.75) is 32.6 Å². The predicted molar refractivity (Wildman–Crippen MR) is 42.9 cm³/mol. The topological polar surface area (TPSA) is 12.0 Å². The van der Waals surface area contributed by atoms with E-state index in [0.29, 0.717) is 0 Å². The average molecular weight is 139 g/mol. The first kappa shape index (κ1) is 6.66. The molecule has 0 aromatic carbocycles. The van der Waals surface area contributed by atoms with E-state index in [-0.39, 0.29) is 0 Å². The molecule has 0 amide bonds. The first-order chi connectivity index (χ1) is 4.83. The molecule has 1 aliphatic heterocycles. The highest BCUT2D eigenvalue weighted by Gasteiger charge is 2.42. The van der Waals surface area contributed by atoms with Crippen LogP contribution in [0.25, 0.3) is 0 Å². The van der Waals surface area contributed by atoms with Crippen molar-refractivity contribution in [1.29, 1.82) is 0 Å². The van der Waals surface area contributed by atoms with Crippen LogP contribution in [0.3, 0.4) is 0 Å². The van der Waals surface area contributed by atoms with E-state index in [1.165, 1.54) is 38.8 Å². The van der Waals surface area contributed by atoms with Gasteiger partial charge in [0.1, 0.15) is 0 Å². The summed E-state index contributed by atoms with van der Waals surface area (Å²) in [6, 6.07) is 0. The summed E-state index contributed by atoms with van der Waals surface area (Å²) in [6.45, 7) is 4.98. The Labute approximate surface area is 63.2 Å². The first-order valence-electron chi connectivity index (χ1n) is 4.54. The lowest BCUT2D eigenvalue weighted by atomic mass is 9.59. The van der Waals surface area contributed by atoms with Crippen molar-refractivity contribution in [3.8, 4) is 0 Å². The summed E-state index contributed by atoms with van der Waals surface area (Å²) in [5.41, 5.74) is 0.748. The summed E-state index contributed by atoms with van der Waals surface area (Å²) in [5, 5.41) is 3.51. The van der Waals surface area contributed by atoms with Crippen LogP contribution in [-0.2, 0) is 0 Å². The number of hydrogen-bond acceptors (Lipinski definition) is 1. The zero-order chi connectivity index (χ0) is 7.03. The van der Waals surface area contributed by atoms with Gasteiger partial charge in [0.2, 0.25) is 0 Å². The van der Waals surface area contributed by atoms with Crippen LogP contribution in [0.4, 0.5) is 0 Å². The fraction of sp³-hybridized carbons (Fsp3) is 1.00. The summed E-state index contributed by atoms with van der Waals surface area (Å²) in [4.78, 5) is 0. The highest BCUT2D eigenvalue weighted by molar-refractivity contribution is 4.95. The molecule has 0 aromatic rings. The molecule has 58 valence electrons. The second-order valence-electron chi connectivity index (χ2n) is 4.08. The quantitative estimate of drug-likeness (QED) is 0.539. The van der Waals surface area contributed by atoms with E-state index in [1.54, 1.807) is 0 Å². The minimum absolute atomic E-state index is 0.748. The van der Waals surface area contributed by atoms with Crippen LogP contribution in [0.2, 0.25) is 0 Å². The fourth-order valence-electron chi connectivity index (χ4n) is 2.44. The molecule has 1 heterocycles. The summed E-state index contributed by atoms with van der Waals surface area (Å²) < 4.78 is 0. The molecule has 1 heteroatoms. The predicted octanol–water partition coefficient (Wildman–Crippen LogP) is 1.79. The third kappa shape index (κ3) is 0.800. The van der Waals surface area contributed by atoms with Gasteiger partial charge in [0, 0.05) is 6.54 Å². The second-order valence-corrected chi connectivity index (χ2v) is 4.08. The van der Waals surface area contributed by atoms with Gasteiger partial charge in [0.25, 0.3) is 0 Å². The molecule has 0 aromatic heterocycles. The van der Waals surface area contributed by atoms with Crippen LogP contribution in [-0.4, -0.2) is 13.1 Å². The van der Waals surface area contributed by atoms with E-state index < -0.39 is 0 Å². The molecular weight excluding hydrogens is 122 g/mol. The number of nitrogens with one attached hydrogen (secondary N) is 1. The van der Waals surface area contributed by atoms with Crippen LogP contribution >= 0.6 is 0 Å². The third-order valence-corrected chi connectivity index (χ3v) is 3.63. The maximum atomic E-state index is 3.51. The van der Waals surface area contributed by atoms with Gasteiger partial charge >= 0.3 is 0 Å². The highest BCUT2D eigenvalue weighted by atomic mass is 14.9. The molecule has 1 nitrogen and oxygen atoms in total. The van der Waals surface area contributed by atoms with Crippen LogP contribution < -0.4 is 5.32 Å². The summed E-state index contributed by atoms with van der Waals surface area (Å²) in [5.74, 6) is 0.988. The minimum atomic E-state index is 0.748. The van der Waals surface area contributed by atoms with Gasteiger partial charge in [-0.3, -0.25) is 0 Å². The lowest BCUT2D eigenvalue weighted by molar-refractivity contribution is 0.0323. The Bertz CT molecular complexity index is 127. The molecule has 1 N–H and O–H groups in total. The van der Waals surface area contributed by atoms with Crippen LogP contribution in [0.1, 0.15) is 32.6 Å². The van der Waals surface area contributed by atoms with Crippen molar-refractivity contribution in [1.82, 2.24) is 5.32 Å². The fourth-order valence-corrected chi connectivity index (χ4v) is 2.44. The van der Waals surface area contributed by atoms with Gasteiger partial charge in [-0.15, -0.1) is 0 Å². The maximum absolute atomic E-state index is 3.51. The van der Waals surface area contributed by atoms with E-state index in [2.05, 4.69) is 12.2 Å². The number of rotatable bonds is 0. The Balaban J connectivity index is 2.03. The van der Waals surface area contributed by atoms with Crippen LogP contribution in [0.5, 0.6) is 0 Å². The monoisotopic (exact) mass is 139 g/mol. The number of hydrogen-bond donors (Lipinski definition) is 1. The molecule has 1 spiro atoms. The third-order valence-electron chi connectivity index (χ3n) is 3.63. The van der Waals surface area contributed by atoms with Gasteiger partial charge in [0.05, 0.1) is 0 Å². The largest absolute Gasteiger partial charge is 0.316 e. The Morgan fingerprint density at radius 3 is 2.60 bits per heavy atom. The molecule has 2 rings (SSSR count). The van der Waals surface area contributed by atoms with Gasteiger partial charge in [-0.1, -0.05) is 13.3 Å². The molecule has 1 saturated heterocycles. The van der Waals surface area contributed by atoms with Crippen LogP contribution in [0, 0.1) is 11.3 Å². The van der Waals surface area contributed by atoms with Crippen molar-refractivity contribution < 1.29 is 0 Å². The Morgan fingerprint density at radius 2 is 2.20 bits per heavy atom. The zero-order valence-corrected chi connectivity index (χ0v) is 6.82. The number of piperidine rings is 1. The smallest absolute Gasteiger partial charge is 0.00104 e. The van der Waals surface area contributed by atoms with Gasteiger partial charge < -0.3 is 5.32 Å². The first-order valence-corrected chi connectivity index (χ1v) is 4.54. The Kier molecular flexibility index (Phi) is 1.48. The molecule has 1 saturated carbocycles. The molecule has 10 heavy (non-hydrogen) atoms. The van der Waals surface area contributed by atoms with Gasteiger partial charge in [-0.2, -0.15) is 0 Å². The lowest BCUT2D eigenvalue weighted by Gasteiger charge is -2.49. The standard InChI is InChI=1S/C9H17N/c1-8-3-6-10-7-9(8)4-2-5-9/h8,10H,2-7H2,1H3. The van der Waals surface area contributed by atoms with E-state index in [9.17, 15) is 0 Å². The van der Waals surface area contributed by atoms with Crippen molar-refractivity contribution in [3.63, 3.8) is 0 Å². The molecular formula is C9H17N. The van der Waals surface area contributed by atoms with Crippen molar-refractivity contribution >= 4 is 0 Å². The molecule has 1 atom stereocenters. The normalized spacial score (nSPS) is 37.5. The van der Waals surface area contributed by atoms with E-state index in [0.717, 1.165) is 11.3 Å². The molecule has 1 aliphatic carbocycles. The minimum Gasteiger partial charge on any atom is -0.316 e. The van der Waals surface area contributed by atoms with Gasteiger partial charge in [-0.05, 0) is 37.1 Å². The molecule has 0 bridgehead atoms. The van der Waals surface area contributed by atoms with E-state index in [1.807, 2.05) is 0 Å². The summed E-state index contributed by atoms with van der Waals surface area (Å²) in [7, 11) is 0. The Hall–Kier alpha value is -0.0400. The lowest BCUT2D eigenvalue weighted by Crippen LogP contribution is -2.49. The van der Waals surface area contributed by atoms with Crippen molar-refractivity contribution in [2.24, 2.45) is 11.3 Å². The maximum Gasteiger partial charge on any atom is 0.00104 e.